The fourth-order valence-corrected chi connectivity index (χ4v) is 4.07. The largest absolute Gasteiger partial charge is 0.389 e. The van der Waals surface area contributed by atoms with Crippen molar-refractivity contribution in [3.63, 3.8) is 0 Å². The first-order chi connectivity index (χ1) is 12.0. The molecule has 3 aliphatic rings. The average Bonchev–Trinajstić information content (AvgIpc) is 3.09. The summed E-state index contributed by atoms with van der Waals surface area (Å²) >= 11 is 0. The predicted molar refractivity (Wildman–Crippen MR) is 90.9 cm³/mol. The van der Waals surface area contributed by atoms with E-state index >= 15 is 0 Å². The number of hydrogen-bond acceptors (Lipinski definition) is 6. The Kier molecular flexibility index (Phi) is 4.54. The van der Waals surface area contributed by atoms with Gasteiger partial charge in [0.05, 0.1) is 11.6 Å². The monoisotopic (exact) mass is 348 g/mol. The molecule has 1 aromatic rings. The third-order valence-corrected chi connectivity index (χ3v) is 5.91. The summed E-state index contributed by atoms with van der Waals surface area (Å²) in [6, 6.07) is 0.290. The maximum Gasteiger partial charge on any atom is 0.292 e. The van der Waals surface area contributed by atoms with E-state index in [0.29, 0.717) is 18.4 Å². The van der Waals surface area contributed by atoms with Gasteiger partial charge in [-0.2, -0.15) is 4.98 Å². The molecular weight excluding hydrogens is 320 g/mol. The van der Waals surface area contributed by atoms with Gasteiger partial charge >= 0.3 is 0 Å². The second-order valence-corrected chi connectivity index (χ2v) is 8.24. The van der Waals surface area contributed by atoms with Crippen molar-refractivity contribution in [2.75, 3.05) is 13.1 Å². The second-order valence-electron chi connectivity index (χ2n) is 8.24. The van der Waals surface area contributed by atoms with E-state index < -0.39 is 5.60 Å². The third kappa shape index (κ3) is 3.87. The lowest BCUT2D eigenvalue weighted by atomic mass is 9.79. The van der Waals surface area contributed by atoms with Crippen LogP contribution in [-0.4, -0.2) is 50.8 Å². The van der Waals surface area contributed by atoms with Gasteiger partial charge in [-0.25, -0.2) is 0 Å². The van der Waals surface area contributed by atoms with Crippen LogP contribution in [0.4, 0.5) is 0 Å². The van der Waals surface area contributed by atoms with Crippen LogP contribution in [0.15, 0.2) is 4.52 Å². The lowest BCUT2D eigenvalue weighted by Gasteiger charge is -2.38. The number of nitrogens with one attached hydrogen (secondary N) is 1. The number of amides is 1. The van der Waals surface area contributed by atoms with Crippen LogP contribution in [-0.2, 0) is 0 Å². The van der Waals surface area contributed by atoms with Crippen molar-refractivity contribution in [3.8, 4) is 0 Å². The van der Waals surface area contributed by atoms with E-state index in [9.17, 15) is 9.90 Å². The average molecular weight is 348 g/mol. The number of β-amino-alcohol motifs (C(OH)–C–C–N with tert-alkyl or cyclic N) is 1. The van der Waals surface area contributed by atoms with Gasteiger partial charge in [-0.3, -0.25) is 9.69 Å². The Bertz CT molecular complexity index is 620. The minimum absolute atomic E-state index is 0.0124. The molecule has 0 aromatic carbocycles. The Hall–Kier alpha value is -1.47. The van der Waals surface area contributed by atoms with E-state index in [-0.39, 0.29) is 23.8 Å². The number of hydrogen-bond donors (Lipinski definition) is 2. The van der Waals surface area contributed by atoms with Crippen LogP contribution in [0.1, 0.15) is 80.8 Å². The molecule has 2 heterocycles. The third-order valence-electron chi connectivity index (χ3n) is 5.91. The minimum atomic E-state index is -0.610. The topological polar surface area (TPSA) is 91.5 Å². The van der Waals surface area contributed by atoms with Gasteiger partial charge in [-0.1, -0.05) is 12.1 Å². The van der Waals surface area contributed by atoms with Gasteiger partial charge < -0.3 is 14.9 Å². The highest BCUT2D eigenvalue weighted by Crippen LogP contribution is 2.37. The Morgan fingerprint density at radius 1 is 1.32 bits per heavy atom. The molecule has 2 aliphatic carbocycles. The van der Waals surface area contributed by atoms with Gasteiger partial charge in [0, 0.05) is 12.6 Å². The molecule has 1 amide bonds. The number of aromatic nitrogens is 2. The molecule has 3 fully saturated rings. The molecule has 25 heavy (non-hydrogen) atoms. The first-order valence-corrected chi connectivity index (χ1v) is 9.63. The molecule has 7 nitrogen and oxygen atoms in total. The van der Waals surface area contributed by atoms with Crippen molar-refractivity contribution in [1.29, 1.82) is 0 Å². The van der Waals surface area contributed by atoms with Crippen molar-refractivity contribution in [3.05, 3.63) is 11.7 Å². The second kappa shape index (κ2) is 6.68. The quantitative estimate of drug-likeness (QED) is 0.846. The standard InChI is InChI=1S/C18H28N4O3/c1-12-6-8-18(24,9-7-12)11-22-10-2-3-14(22)17-20-15(21-25-17)16(23)19-13-4-5-13/h12-14,24H,2-11H2,1H3,(H,19,23). The summed E-state index contributed by atoms with van der Waals surface area (Å²) < 4.78 is 5.40. The van der Waals surface area contributed by atoms with E-state index in [1.54, 1.807) is 0 Å². The van der Waals surface area contributed by atoms with Crippen LogP contribution in [0.2, 0.25) is 0 Å². The SMILES string of the molecule is CC1CCC(O)(CN2CCCC2c2nc(C(=O)NC3CC3)no2)CC1. The number of carbonyl (C=O) groups is 1. The van der Waals surface area contributed by atoms with E-state index in [2.05, 4.69) is 27.3 Å². The lowest BCUT2D eigenvalue weighted by molar-refractivity contribution is -0.0398. The summed E-state index contributed by atoms with van der Waals surface area (Å²) in [5.41, 5.74) is -0.610. The van der Waals surface area contributed by atoms with E-state index in [4.69, 9.17) is 4.52 Å². The molecule has 0 radical (unpaired) electrons. The zero-order valence-electron chi connectivity index (χ0n) is 14.9. The van der Waals surface area contributed by atoms with E-state index in [1.807, 2.05) is 0 Å². The van der Waals surface area contributed by atoms with Crippen LogP contribution in [0.3, 0.4) is 0 Å². The van der Waals surface area contributed by atoms with Gasteiger partial charge in [-0.15, -0.1) is 0 Å². The summed E-state index contributed by atoms with van der Waals surface area (Å²) in [6.07, 6.45) is 7.92. The smallest absolute Gasteiger partial charge is 0.292 e. The molecule has 1 unspecified atom stereocenters. The first-order valence-electron chi connectivity index (χ1n) is 9.63. The van der Waals surface area contributed by atoms with Crippen LogP contribution in [0.25, 0.3) is 0 Å². The Morgan fingerprint density at radius 2 is 2.08 bits per heavy atom. The number of nitrogens with zero attached hydrogens (tertiary/aromatic N) is 3. The summed E-state index contributed by atoms with van der Waals surface area (Å²) in [5.74, 6) is 1.09. The predicted octanol–water partition coefficient (Wildman–Crippen LogP) is 2.04. The Morgan fingerprint density at radius 3 is 2.80 bits per heavy atom. The molecule has 1 aromatic heterocycles. The first kappa shape index (κ1) is 17.0. The molecule has 2 N–H and O–H groups in total. The maximum absolute atomic E-state index is 12.1. The lowest BCUT2D eigenvalue weighted by Crippen LogP contribution is -2.45. The fourth-order valence-electron chi connectivity index (χ4n) is 4.07. The van der Waals surface area contributed by atoms with Crippen molar-refractivity contribution in [1.82, 2.24) is 20.4 Å². The molecule has 1 aliphatic heterocycles. The summed E-state index contributed by atoms with van der Waals surface area (Å²) in [4.78, 5) is 18.6. The molecule has 7 heteroatoms. The van der Waals surface area contributed by atoms with E-state index in [1.165, 1.54) is 0 Å². The molecule has 2 saturated carbocycles. The highest BCUT2D eigenvalue weighted by molar-refractivity contribution is 5.90. The maximum atomic E-state index is 12.1. The van der Waals surface area contributed by atoms with Crippen LogP contribution < -0.4 is 5.32 Å². The van der Waals surface area contributed by atoms with Crippen molar-refractivity contribution in [2.45, 2.75) is 76.0 Å². The highest BCUT2D eigenvalue weighted by Gasteiger charge is 2.39. The number of likely N-dealkylation sites (tertiary alicyclic amines) is 1. The van der Waals surface area contributed by atoms with Crippen molar-refractivity contribution in [2.24, 2.45) is 5.92 Å². The van der Waals surface area contributed by atoms with Gasteiger partial charge in [-0.05, 0) is 63.8 Å². The van der Waals surface area contributed by atoms with Gasteiger partial charge in [0.25, 0.3) is 11.7 Å². The normalized spacial score (nSPS) is 33.5. The minimum Gasteiger partial charge on any atom is -0.389 e. The zero-order chi connectivity index (χ0) is 17.4. The van der Waals surface area contributed by atoms with Crippen LogP contribution in [0.5, 0.6) is 0 Å². The molecule has 1 saturated heterocycles. The number of aliphatic hydroxyl groups is 1. The molecule has 1 atom stereocenters. The fraction of sp³-hybridized carbons (Fsp3) is 0.833. The summed E-state index contributed by atoms with van der Waals surface area (Å²) in [6.45, 7) is 3.83. The van der Waals surface area contributed by atoms with Crippen molar-refractivity contribution < 1.29 is 14.4 Å². The highest BCUT2D eigenvalue weighted by atomic mass is 16.5. The zero-order valence-corrected chi connectivity index (χ0v) is 14.9. The number of rotatable bonds is 5. The molecule has 0 bridgehead atoms. The van der Waals surface area contributed by atoms with Crippen LogP contribution in [0, 0.1) is 5.92 Å². The molecule has 0 spiro atoms. The molecular formula is C18H28N4O3. The Labute approximate surface area is 148 Å². The molecule has 4 rings (SSSR count). The molecule has 138 valence electrons. The van der Waals surface area contributed by atoms with E-state index in [0.717, 1.165) is 57.9 Å². The van der Waals surface area contributed by atoms with Gasteiger partial charge in [0.1, 0.15) is 0 Å². The van der Waals surface area contributed by atoms with Gasteiger partial charge in [0.2, 0.25) is 5.89 Å². The van der Waals surface area contributed by atoms with Gasteiger partial charge in [0.15, 0.2) is 0 Å². The number of carbonyl (C=O) groups excluding carboxylic acids is 1. The Balaban J connectivity index is 1.41. The van der Waals surface area contributed by atoms with Crippen LogP contribution >= 0.6 is 0 Å². The summed E-state index contributed by atoms with van der Waals surface area (Å²) in [5, 5.41) is 17.7. The summed E-state index contributed by atoms with van der Waals surface area (Å²) in [7, 11) is 0. The van der Waals surface area contributed by atoms with Crippen molar-refractivity contribution >= 4 is 5.91 Å².